The molecule has 3 N–H and O–H groups in total. The Morgan fingerprint density at radius 2 is 1.74 bits per heavy atom. The quantitative estimate of drug-likeness (QED) is 0.407. The van der Waals surface area contributed by atoms with Crippen LogP contribution in [0.2, 0.25) is 0 Å². The maximum atomic E-state index is 11.8. The van der Waals surface area contributed by atoms with Crippen LogP contribution in [0.25, 0.3) is 0 Å². The minimum atomic E-state index is -0.500. The van der Waals surface area contributed by atoms with Crippen molar-refractivity contribution in [2.24, 2.45) is 0 Å². The molecule has 2 amide bonds. The highest BCUT2D eigenvalue weighted by Gasteiger charge is 2.13. The van der Waals surface area contributed by atoms with E-state index < -0.39 is 6.09 Å². The molecule has 0 aliphatic carbocycles. The summed E-state index contributed by atoms with van der Waals surface area (Å²) >= 11 is 0. The Balaban J connectivity index is 0.000000218. The van der Waals surface area contributed by atoms with Gasteiger partial charge in [-0.05, 0) is 50.1 Å². The number of ether oxygens (including phenoxy) is 1. The van der Waals surface area contributed by atoms with Gasteiger partial charge in [0, 0.05) is 44.5 Å². The molecular formula is C29H38N6O4. The van der Waals surface area contributed by atoms with Crippen LogP contribution < -0.4 is 21.5 Å². The third-order valence-electron chi connectivity index (χ3n) is 5.93. The summed E-state index contributed by atoms with van der Waals surface area (Å²) in [7, 11) is 0. The van der Waals surface area contributed by atoms with Gasteiger partial charge in [0.1, 0.15) is 0 Å². The molecule has 1 saturated heterocycles. The fraction of sp³-hybridized carbons (Fsp3) is 0.379. The summed E-state index contributed by atoms with van der Waals surface area (Å²) in [6.07, 6.45) is -0.500. The molecular weight excluding hydrogens is 496 g/mol. The van der Waals surface area contributed by atoms with Crippen molar-refractivity contribution in [3.8, 4) is 0 Å². The number of carbonyl (C=O) groups excluding carboxylic acids is 2. The van der Waals surface area contributed by atoms with E-state index in [2.05, 4.69) is 45.0 Å². The predicted octanol–water partition coefficient (Wildman–Crippen LogP) is 2.68. The molecule has 1 aromatic heterocycles. The van der Waals surface area contributed by atoms with Gasteiger partial charge < -0.3 is 15.4 Å². The van der Waals surface area contributed by atoms with Gasteiger partial charge in [-0.2, -0.15) is 5.10 Å². The lowest BCUT2D eigenvalue weighted by Gasteiger charge is -2.26. The molecule has 2 heterocycles. The van der Waals surface area contributed by atoms with Gasteiger partial charge in [-0.3, -0.25) is 19.8 Å². The van der Waals surface area contributed by atoms with E-state index in [0.717, 1.165) is 43.0 Å². The lowest BCUT2D eigenvalue weighted by atomic mass is 10.1. The van der Waals surface area contributed by atoms with Crippen LogP contribution >= 0.6 is 0 Å². The van der Waals surface area contributed by atoms with Crippen molar-refractivity contribution in [3.05, 3.63) is 93.4 Å². The number of rotatable bonds is 8. The van der Waals surface area contributed by atoms with E-state index in [4.69, 9.17) is 4.74 Å². The third-order valence-corrected chi connectivity index (χ3v) is 5.93. The zero-order chi connectivity index (χ0) is 28.0. The SMILES string of the molecule is CCOC(=O)Nc1cccc(Cn2nc(C)ccc2=O)c1.Cc1cccc(CNC(=O)CN2CCNCC2)c1. The molecule has 4 rings (SSSR count). The minimum Gasteiger partial charge on any atom is -0.450 e. The highest BCUT2D eigenvalue weighted by molar-refractivity contribution is 5.84. The molecule has 39 heavy (non-hydrogen) atoms. The van der Waals surface area contributed by atoms with E-state index in [1.54, 1.807) is 31.2 Å². The zero-order valence-electron chi connectivity index (χ0n) is 22.9. The monoisotopic (exact) mass is 534 g/mol. The largest absolute Gasteiger partial charge is 0.450 e. The van der Waals surface area contributed by atoms with E-state index in [0.29, 0.717) is 31.9 Å². The first-order valence-corrected chi connectivity index (χ1v) is 13.1. The molecule has 0 atom stereocenters. The van der Waals surface area contributed by atoms with E-state index in [1.807, 2.05) is 25.1 Å². The Hall–Kier alpha value is -4.02. The Kier molecular flexibility index (Phi) is 11.7. The van der Waals surface area contributed by atoms with Crippen molar-refractivity contribution >= 4 is 17.7 Å². The van der Waals surface area contributed by atoms with E-state index in [1.165, 1.54) is 16.3 Å². The van der Waals surface area contributed by atoms with Gasteiger partial charge in [-0.25, -0.2) is 9.48 Å². The van der Waals surface area contributed by atoms with Gasteiger partial charge in [0.05, 0.1) is 25.4 Å². The Morgan fingerprint density at radius 3 is 2.49 bits per heavy atom. The molecule has 0 bridgehead atoms. The van der Waals surface area contributed by atoms with Crippen molar-refractivity contribution in [2.75, 3.05) is 44.6 Å². The smallest absolute Gasteiger partial charge is 0.411 e. The summed E-state index contributed by atoms with van der Waals surface area (Å²) in [5.74, 6) is 0.110. The first-order valence-electron chi connectivity index (χ1n) is 13.1. The second-order valence-corrected chi connectivity index (χ2v) is 9.31. The molecule has 0 spiro atoms. The van der Waals surface area contributed by atoms with Crippen LogP contribution in [0.1, 0.15) is 29.3 Å². The van der Waals surface area contributed by atoms with Crippen LogP contribution in [0, 0.1) is 13.8 Å². The van der Waals surface area contributed by atoms with E-state index >= 15 is 0 Å². The molecule has 1 aliphatic heterocycles. The van der Waals surface area contributed by atoms with Crippen molar-refractivity contribution < 1.29 is 14.3 Å². The molecule has 1 fully saturated rings. The number of benzene rings is 2. The summed E-state index contributed by atoms with van der Waals surface area (Å²) in [6, 6.07) is 18.6. The number of anilines is 1. The second-order valence-electron chi connectivity index (χ2n) is 9.31. The summed E-state index contributed by atoms with van der Waals surface area (Å²) in [5.41, 5.74) is 4.48. The van der Waals surface area contributed by atoms with Crippen LogP contribution in [0.5, 0.6) is 0 Å². The molecule has 0 saturated carbocycles. The molecule has 0 radical (unpaired) electrons. The first kappa shape index (κ1) is 29.5. The number of nitrogens with one attached hydrogen (secondary N) is 3. The Morgan fingerprint density at radius 1 is 1.00 bits per heavy atom. The Labute approximate surface area is 229 Å². The maximum Gasteiger partial charge on any atom is 0.411 e. The van der Waals surface area contributed by atoms with Crippen LogP contribution in [-0.2, 0) is 22.6 Å². The van der Waals surface area contributed by atoms with Crippen molar-refractivity contribution in [1.29, 1.82) is 0 Å². The molecule has 10 nitrogen and oxygen atoms in total. The van der Waals surface area contributed by atoms with Gasteiger partial charge >= 0.3 is 6.09 Å². The lowest BCUT2D eigenvalue weighted by molar-refractivity contribution is -0.122. The van der Waals surface area contributed by atoms with E-state index in [-0.39, 0.29) is 11.5 Å². The van der Waals surface area contributed by atoms with Gasteiger partial charge in [0.25, 0.3) is 5.56 Å². The minimum absolute atomic E-state index is 0.110. The normalized spacial score (nSPS) is 13.1. The number of carbonyl (C=O) groups is 2. The number of hydrogen-bond donors (Lipinski definition) is 3. The molecule has 10 heteroatoms. The Bertz CT molecular complexity index is 1290. The zero-order valence-corrected chi connectivity index (χ0v) is 22.9. The second kappa shape index (κ2) is 15.4. The summed E-state index contributed by atoms with van der Waals surface area (Å²) in [5, 5.41) is 13.1. The van der Waals surface area contributed by atoms with Gasteiger partial charge in [-0.1, -0.05) is 42.0 Å². The molecule has 2 aromatic carbocycles. The first-order chi connectivity index (χ1) is 18.8. The summed E-state index contributed by atoms with van der Waals surface area (Å²) < 4.78 is 6.21. The van der Waals surface area contributed by atoms with Crippen LogP contribution in [0.3, 0.4) is 0 Å². The van der Waals surface area contributed by atoms with Gasteiger partial charge in [-0.15, -0.1) is 0 Å². The van der Waals surface area contributed by atoms with Crippen molar-refractivity contribution in [3.63, 3.8) is 0 Å². The number of amides is 2. The standard InChI is InChI=1S/C15H17N3O3.C14H21N3O/c1-3-21-15(20)16-13-6-4-5-12(9-13)10-18-14(19)8-7-11(2)17-18;1-12-3-2-4-13(9-12)10-16-14(18)11-17-7-5-15-6-8-17/h4-9H,3,10H2,1-2H3,(H,16,20);2-4,9,15H,5-8,10-11H2,1H3,(H,16,18). The number of aromatic nitrogens is 2. The fourth-order valence-corrected chi connectivity index (χ4v) is 4.02. The average molecular weight is 535 g/mol. The van der Waals surface area contributed by atoms with Crippen LogP contribution in [0.15, 0.2) is 65.5 Å². The third kappa shape index (κ3) is 10.7. The number of nitrogens with zero attached hydrogens (tertiary/aromatic N) is 3. The topological polar surface area (TPSA) is 118 Å². The van der Waals surface area contributed by atoms with Gasteiger partial charge in [0.2, 0.25) is 5.91 Å². The van der Waals surface area contributed by atoms with Crippen LogP contribution in [-0.4, -0.2) is 66.0 Å². The molecule has 0 unspecified atom stereocenters. The predicted molar refractivity (Wildman–Crippen MR) is 152 cm³/mol. The van der Waals surface area contributed by atoms with Gasteiger partial charge in [0.15, 0.2) is 0 Å². The highest BCUT2D eigenvalue weighted by Crippen LogP contribution is 2.11. The number of piperazine rings is 1. The maximum absolute atomic E-state index is 11.8. The fourth-order valence-electron chi connectivity index (χ4n) is 4.02. The molecule has 208 valence electrons. The lowest BCUT2D eigenvalue weighted by Crippen LogP contribution is -2.47. The number of aryl methyl sites for hydroxylation is 2. The van der Waals surface area contributed by atoms with Crippen molar-refractivity contribution in [1.82, 2.24) is 25.3 Å². The highest BCUT2D eigenvalue weighted by atomic mass is 16.5. The molecule has 3 aromatic rings. The van der Waals surface area contributed by atoms with E-state index in [9.17, 15) is 14.4 Å². The number of hydrogen-bond acceptors (Lipinski definition) is 7. The van der Waals surface area contributed by atoms with Crippen LogP contribution in [0.4, 0.5) is 10.5 Å². The summed E-state index contributed by atoms with van der Waals surface area (Å²) in [4.78, 5) is 37.1. The summed E-state index contributed by atoms with van der Waals surface area (Å²) in [6.45, 7) is 11.3. The molecule has 1 aliphatic rings. The van der Waals surface area contributed by atoms with Crippen molar-refractivity contribution in [2.45, 2.75) is 33.9 Å². The average Bonchev–Trinajstić information content (AvgIpc) is 2.91.